The quantitative estimate of drug-likeness (QED) is 0.918. The van der Waals surface area contributed by atoms with Crippen molar-refractivity contribution in [2.75, 3.05) is 11.4 Å². The highest BCUT2D eigenvalue weighted by molar-refractivity contribution is 6.00. The first-order valence-corrected chi connectivity index (χ1v) is 9.26. The normalized spacial score (nSPS) is 22.2. The van der Waals surface area contributed by atoms with Crippen molar-refractivity contribution >= 4 is 17.5 Å². The smallest absolute Gasteiger partial charge is 0.227 e. The molecule has 0 radical (unpaired) electrons. The van der Waals surface area contributed by atoms with Gasteiger partial charge in [-0.3, -0.25) is 9.59 Å². The molecule has 1 N–H and O–H groups in total. The summed E-state index contributed by atoms with van der Waals surface area (Å²) >= 11 is 0. The van der Waals surface area contributed by atoms with Crippen LogP contribution in [0, 0.1) is 5.92 Å². The van der Waals surface area contributed by atoms with Crippen molar-refractivity contribution in [2.45, 2.75) is 64.3 Å². The molecule has 2 aliphatic rings. The van der Waals surface area contributed by atoms with Crippen LogP contribution in [0.3, 0.4) is 0 Å². The third kappa shape index (κ3) is 3.63. The highest BCUT2D eigenvalue weighted by Gasteiger charge is 2.36. The van der Waals surface area contributed by atoms with Crippen LogP contribution in [-0.4, -0.2) is 24.4 Å². The molecule has 2 fully saturated rings. The van der Waals surface area contributed by atoms with E-state index in [2.05, 4.69) is 25.2 Å². The molecule has 24 heavy (non-hydrogen) atoms. The summed E-state index contributed by atoms with van der Waals surface area (Å²) in [6.45, 7) is 4.76. The first kappa shape index (κ1) is 17.0. The average molecular weight is 328 g/mol. The Morgan fingerprint density at radius 3 is 2.58 bits per heavy atom. The predicted molar refractivity (Wildman–Crippen MR) is 96.0 cm³/mol. The molecular weight excluding hydrogens is 300 g/mol. The van der Waals surface area contributed by atoms with Crippen LogP contribution in [0.5, 0.6) is 0 Å². The van der Waals surface area contributed by atoms with Gasteiger partial charge in [0.1, 0.15) is 0 Å². The molecule has 2 amide bonds. The molecule has 4 heteroatoms. The van der Waals surface area contributed by atoms with Gasteiger partial charge in [-0.25, -0.2) is 0 Å². The number of amides is 2. The highest BCUT2D eigenvalue weighted by Crippen LogP contribution is 2.32. The first-order chi connectivity index (χ1) is 11.6. The molecule has 0 bridgehead atoms. The number of carbonyl (C=O) groups excluding carboxylic acids is 2. The standard InChI is InChI=1S/C20H28N2O2/c1-14(2)17-10-6-7-11-18(17)22-13-15(12-19(22)23)20(24)21-16-8-4-3-5-9-16/h6-7,10-11,14-16H,3-5,8-9,12-13H2,1-2H3,(H,21,24). The highest BCUT2D eigenvalue weighted by atomic mass is 16.2. The van der Waals surface area contributed by atoms with E-state index < -0.39 is 0 Å². The van der Waals surface area contributed by atoms with Crippen LogP contribution in [0.15, 0.2) is 24.3 Å². The summed E-state index contributed by atoms with van der Waals surface area (Å²) in [5, 5.41) is 3.17. The fourth-order valence-electron chi connectivity index (χ4n) is 3.90. The molecule has 1 heterocycles. The number of nitrogens with one attached hydrogen (secondary N) is 1. The van der Waals surface area contributed by atoms with E-state index >= 15 is 0 Å². The lowest BCUT2D eigenvalue weighted by Crippen LogP contribution is -2.40. The Balaban J connectivity index is 1.68. The molecule has 1 aliphatic heterocycles. The molecule has 130 valence electrons. The summed E-state index contributed by atoms with van der Waals surface area (Å²) in [4.78, 5) is 26.9. The zero-order chi connectivity index (χ0) is 17.1. The summed E-state index contributed by atoms with van der Waals surface area (Å²) in [5.74, 6) is 0.246. The molecule has 1 aromatic rings. The van der Waals surface area contributed by atoms with Crippen molar-refractivity contribution in [3.63, 3.8) is 0 Å². The van der Waals surface area contributed by atoms with E-state index in [1.54, 1.807) is 4.90 Å². The van der Waals surface area contributed by atoms with Crippen molar-refractivity contribution in [3.05, 3.63) is 29.8 Å². The Kier molecular flexibility index (Phi) is 5.22. The molecule has 1 unspecified atom stereocenters. The molecule has 1 aliphatic carbocycles. The van der Waals surface area contributed by atoms with E-state index in [9.17, 15) is 9.59 Å². The summed E-state index contributed by atoms with van der Waals surface area (Å²) < 4.78 is 0. The lowest BCUT2D eigenvalue weighted by atomic mass is 9.95. The van der Waals surface area contributed by atoms with Gasteiger partial charge in [0.05, 0.1) is 5.92 Å². The Labute approximate surface area is 144 Å². The van der Waals surface area contributed by atoms with Gasteiger partial charge in [-0.15, -0.1) is 0 Å². The summed E-state index contributed by atoms with van der Waals surface area (Å²) in [6, 6.07) is 8.34. The maximum atomic E-state index is 12.6. The molecular formula is C20H28N2O2. The monoisotopic (exact) mass is 328 g/mol. The fourth-order valence-corrected chi connectivity index (χ4v) is 3.90. The van der Waals surface area contributed by atoms with Gasteiger partial charge < -0.3 is 10.2 Å². The zero-order valence-corrected chi connectivity index (χ0v) is 14.8. The summed E-state index contributed by atoms with van der Waals surface area (Å²) in [7, 11) is 0. The zero-order valence-electron chi connectivity index (χ0n) is 14.8. The van der Waals surface area contributed by atoms with Gasteiger partial charge in [-0.05, 0) is 30.4 Å². The van der Waals surface area contributed by atoms with Crippen LogP contribution in [0.1, 0.15) is 63.9 Å². The SMILES string of the molecule is CC(C)c1ccccc1N1CC(C(=O)NC2CCCCC2)CC1=O. The molecule has 1 aromatic carbocycles. The number of nitrogens with zero attached hydrogens (tertiary/aromatic N) is 1. The van der Waals surface area contributed by atoms with E-state index in [1.165, 1.54) is 24.8 Å². The number of benzene rings is 1. The Hall–Kier alpha value is -1.84. The molecule has 0 aromatic heterocycles. The van der Waals surface area contributed by atoms with Gasteiger partial charge >= 0.3 is 0 Å². The maximum absolute atomic E-state index is 12.6. The number of hydrogen-bond donors (Lipinski definition) is 1. The van der Waals surface area contributed by atoms with Crippen LogP contribution in [0.2, 0.25) is 0 Å². The second kappa shape index (κ2) is 7.37. The van der Waals surface area contributed by atoms with Gasteiger partial charge in [0.2, 0.25) is 11.8 Å². The lowest BCUT2D eigenvalue weighted by Gasteiger charge is -2.25. The number of anilines is 1. The second-order valence-electron chi connectivity index (χ2n) is 7.46. The Bertz CT molecular complexity index is 605. The van der Waals surface area contributed by atoms with Crippen molar-refractivity contribution in [1.82, 2.24) is 5.32 Å². The fraction of sp³-hybridized carbons (Fsp3) is 0.600. The van der Waals surface area contributed by atoms with E-state index in [0.717, 1.165) is 18.5 Å². The largest absolute Gasteiger partial charge is 0.353 e. The van der Waals surface area contributed by atoms with Crippen molar-refractivity contribution in [2.24, 2.45) is 5.92 Å². The summed E-state index contributed by atoms with van der Waals surface area (Å²) in [5.41, 5.74) is 2.13. The lowest BCUT2D eigenvalue weighted by molar-refractivity contribution is -0.127. The van der Waals surface area contributed by atoms with Crippen LogP contribution >= 0.6 is 0 Å². The van der Waals surface area contributed by atoms with Crippen molar-refractivity contribution < 1.29 is 9.59 Å². The van der Waals surface area contributed by atoms with Crippen LogP contribution in [0.25, 0.3) is 0 Å². The molecule has 0 spiro atoms. The van der Waals surface area contributed by atoms with Crippen LogP contribution in [0.4, 0.5) is 5.69 Å². The van der Waals surface area contributed by atoms with E-state index in [-0.39, 0.29) is 17.7 Å². The molecule has 1 atom stereocenters. The van der Waals surface area contributed by atoms with E-state index in [0.29, 0.717) is 24.9 Å². The third-order valence-electron chi connectivity index (χ3n) is 5.30. The first-order valence-electron chi connectivity index (χ1n) is 9.26. The number of hydrogen-bond acceptors (Lipinski definition) is 2. The van der Waals surface area contributed by atoms with E-state index in [4.69, 9.17) is 0 Å². The Morgan fingerprint density at radius 2 is 1.88 bits per heavy atom. The van der Waals surface area contributed by atoms with Gasteiger partial charge in [0.25, 0.3) is 0 Å². The Morgan fingerprint density at radius 1 is 1.17 bits per heavy atom. The van der Waals surface area contributed by atoms with Gasteiger partial charge in [-0.1, -0.05) is 51.3 Å². The molecule has 1 saturated heterocycles. The number of carbonyl (C=O) groups is 2. The summed E-state index contributed by atoms with van der Waals surface area (Å²) in [6.07, 6.45) is 6.14. The number of rotatable bonds is 4. The van der Waals surface area contributed by atoms with Crippen LogP contribution in [-0.2, 0) is 9.59 Å². The van der Waals surface area contributed by atoms with Gasteiger partial charge in [0, 0.05) is 24.7 Å². The van der Waals surface area contributed by atoms with Crippen molar-refractivity contribution in [3.8, 4) is 0 Å². The topological polar surface area (TPSA) is 49.4 Å². The minimum atomic E-state index is -0.223. The van der Waals surface area contributed by atoms with Crippen LogP contribution < -0.4 is 10.2 Å². The maximum Gasteiger partial charge on any atom is 0.227 e. The second-order valence-corrected chi connectivity index (χ2v) is 7.46. The van der Waals surface area contributed by atoms with Gasteiger partial charge in [-0.2, -0.15) is 0 Å². The molecule has 1 saturated carbocycles. The minimum Gasteiger partial charge on any atom is -0.353 e. The van der Waals surface area contributed by atoms with Crippen molar-refractivity contribution in [1.29, 1.82) is 0 Å². The van der Waals surface area contributed by atoms with Gasteiger partial charge in [0.15, 0.2) is 0 Å². The molecule has 3 rings (SSSR count). The predicted octanol–water partition coefficient (Wildman–Crippen LogP) is 3.61. The molecule has 4 nitrogen and oxygen atoms in total. The van der Waals surface area contributed by atoms with E-state index in [1.807, 2.05) is 18.2 Å². The minimum absolute atomic E-state index is 0.0554. The number of para-hydroxylation sites is 1. The third-order valence-corrected chi connectivity index (χ3v) is 5.30. The average Bonchev–Trinajstić information content (AvgIpc) is 2.97.